The van der Waals surface area contributed by atoms with Crippen molar-refractivity contribution in [2.75, 3.05) is 20.2 Å². The van der Waals surface area contributed by atoms with Gasteiger partial charge in [-0.05, 0) is 62.3 Å². The summed E-state index contributed by atoms with van der Waals surface area (Å²) in [4.78, 5) is 28.3. The molecule has 0 bridgehead atoms. The molecular formula is C23H23NO5. The molecule has 0 radical (unpaired) electrons. The van der Waals surface area contributed by atoms with Crippen LogP contribution in [-0.4, -0.2) is 36.0 Å². The van der Waals surface area contributed by atoms with E-state index >= 15 is 0 Å². The van der Waals surface area contributed by atoms with Gasteiger partial charge < -0.3 is 14.3 Å². The number of benzene rings is 2. The van der Waals surface area contributed by atoms with E-state index in [0.717, 1.165) is 19.3 Å². The summed E-state index contributed by atoms with van der Waals surface area (Å²) in [5.41, 5.74) is 0.0754. The van der Waals surface area contributed by atoms with E-state index in [1.165, 1.54) is 0 Å². The van der Waals surface area contributed by atoms with Crippen molar-refractivity contribution in [3.8, 4) is 11.5 Å². The van der Waals surface area contributed by atoms with Crippen molar-refractivity contribution in [1.29, 1.82) is 0 Å². The third kappa shape index (κ3) is 3.63. The minimum atomic E-state index is -0.899. The van der Waals surface area contributed by atoms with Gasteiger partial charge in [0.2, 0.25) is 0 Å². The first kappa shape index (κ1) is 19.2. The van der Waals surface area contributed by atoms with Gasteiger partial charge in [-0.1, -0.05) is 18.6 Å². The third-order valence-corrected chi connectivity index (χ3v) is 5.47. The second-order valence-corrected chi connectivity index (χ2v) is 7.24. The predicted molar refractivity (Wildman–Crippen MR) is 110 cm³/mol. The summed E-state index contributed by atoms with van der Waals surface area (Å²) < 4.78 is 10.6. The first-order chi connectivity index (χ1) is 14.1. The molecular weight excluding hydrogens is 370 g/mol. The first-order valence-electron chi connectivity index (χ1n) is 9.77. The Hall–Kier alpha value is -3.12. The fourth-order valence-corrected chi connectivity index (χ4v) is 3.96. The fourth-order valence-electron chi connectivity index (χ4n) is 3.96. The summed E-state index contributed by atoms with van der Waals surface area (Å²) >= 11 is 0. The van der Waals surface area contributed by atoms with Crippen LogP contribution in [0.15, 0.2) is 57.7 Å². The molecule has 1 aliphatic rings. The lowest BCUT2D eigenvalue weighted by atomic mass is 9.93. The van der Waals surface area contributed by atoms with Crippen LogP contribution in [0.2, 0.25) is 0 Å². The van der Waals surface area contributed by atoms with Gasteiger partial charge in [-0.25, -0.2) is 4.79 Å². The fraction of sp³-hybridized carbons (Fsp3) is 0.304. The summed E-state index contributed by atoms with van der Waals surface area (Å²) in [6.45, 7) is 1.36. The van der Waals surface area contributed by atoms with Crippen LogP contribution in [0.5, 0.6) is 11.5 Å². The zero-order chi connectivity index (χ0) is 20.4. The Morgan fingerprint density at radius 3 is 2.45 bits per heavy atom. The summed E-state index contributed by atoms with van der Waals surface area (Å²) in [6.07, 6.45) is 2.95. The van der Waals surface area contributed by atoms with Crippen molar-refractivity contribution in [2.24, 2.45) is 0 Å². The third-order valence-electron chi connectivity index (χ3n) is 5.47. The average molecular weight is 393 g/mol. The summed E-state index contributed by atoms with van der Waals surface area (Å²) in [6, 6.07) is 12.7. The van der Waals surface area contributed by atoms with E-state index in [9.17, 15) is 14.7 Å². The standard InChI is InChI=1S/C23H23NO5/c1-28-16-11-9-15(10-12-16)21(25)20(24-13-5-2-6-14-24)19-22(26)17-7-3-4-8-18(17)29-23(19)27/h3-4,7-12,20,26H,2,5-6,13-14H2,1H3. The Balaban J connectivity index is 1.85. The van der Waals surface area contributed by atoms with Crippen molar-refractivity contribution >= 4 is 16.8 Å². The lowest BCUT2D eigenvalue weighted by Crippen LogP contribution is -2.40. The van der Waals surface area contributed by atoms with Crippen molar-refractivity contribution in [3.63, 3.8) is 0 Å². The first-order valence-corrected chi connectivity index (χ1v) is 9.77. The number of para-hydroxylation sites is 1. The largest absolute Gasteiger partial charge is 0.507 e. The maximum Gasteiger partial charge on any atom is 0.345 e. The number of aromatic hydroxyl groups is 1. The highest BCUT2D eigenvalue weighted by Gasteiger charge is 2.35. The van der Waals surface area contributed by atoms with Gasteiger partial charge in [0.1, 0.15) is 28.7 Å². The number of hydrogen-bond donors (Lipinski definition) is 1. The molecule has 1 aliphatic heterocycles. The van der Waals surface area contributed by atoms with Crippen LogP contribution >= 0.6 is 0 Å². The number of rotatable bonds is 5. The van der Waals surface area contributed by atoms with Gasteiger partial charge in [0.05, 0.1) is 12.5 Å². The number of methoxy groups -OCH3 is 1. The van der Waals surface area contributed by atoms with Crippen LogP contribution in [0.4, 0.5) is 0 Å². The number of likely N-dealkylation sites (tertiary alicyclic amines) is 1. The summed E-state index contributed by atoms with van der Waals surface area (Å²) in [5.74, 6) is 0.214. The number of nitrogens with zero attached hydrogens (tertiary/aromatic N) is 1. The quantitative estimate of drug-likeness (QED) is 0.523. The van der Waals surface area contributed by atoms with E-state index in [2.05, 4.69) is 0 Å². The molecule has 1 unspecified atom stereocenters. The van der Waals surface area contributed by atoms with Crippen molar-refractivity contribution < 1.29 is 19.1 Å². The van der Waals surface area contributed by atoms with E-state index in [0.29, 0.717) is 35.4 Å². The number of carbonyl (C=O) groups excluding carboxylic acids is 1. The van der Waals surface area contributed by atoms with Crippen LogP contribution in [0.3, 0.4) is 0 Å². The molecule has 1 aromatic heterocycles. The molecule has 2 aromatic carbocycles. The SMILES string of the molecule is COc1ccc(C(=O)C(c2c(O)c3ccccc3oc2=O)N2CCCCC2)cc1. The minimum absolute atomic E-state index is 0.00594. The predicted octanol–water partition coefficient (Wildman–Crippen LogP) is 3.92. The number of fused-ring (bicyclic) bond motifs is 1. The van der Waals surface area contributed by atoms with Crippen LogP contribution < -0.4 is 10.4 Å². The highest BCUT2D eigenvalue weighted by atomic mass is 16.5. The monoisotopic (exact) mass is 393 g/mol. The molecule has 1 N–H and O–H groups in total. The highest BCUT2D eigenvalue weighted by Crippen LogP contribution is 2.35. The van der Waals surface area contributed by atoms with Gasteiger partial charge in [0, 0.05) is 5.56 Å². The van der Waals surface area contributed by atoms with Crippen molar-refractivity contribution in [2.45, 2.75) is 25.3 Å². The molecule has 3 aromatic rings. The molecule has 150 valence electrons. The van der Waals surface area contributed by atoms with Gasteiger partial charge in [-0.3, -0.25) is 9.69 Å². The zero-order valence-electron chi connectivity index (χ0n) is 16.3. The topological polar surface area (TPSA) is 80.0 Å². The van der Waals surface area contributed by atoms with Gasteiger partial charge in [0.15, 0.2) is 5.78 Å². The lowest BCUT2D eigenvalue weighted by molar-refractivity contribution is 0.0773. The molecule has 6 heteroatoms. The van der Waals surface area contributed by atoms with Gasteiger partial charge in [-0.15, -0.1) is 0 Å². The van der Waals surface area contributed by atoms with E-state index in [-0.39, 0.29) is 17.1 Å². The van der Waals surface area contributed by atoms with Gasteiger partial charge >= 0.3 is 5.63 Å². The number of hydrogen-bond acceptors (Lipinski definition) is 6. The van der Waals surface area contributed by atoms with Crippen molar-refractivity contribution in [3.05, 3.63) is 70.1 Å². The molecule has 0 aliphatic carbocycles. The highest BCUT2D eigenvalue weighted by molar-refractivity contribution is 6.02. The average Bonchev–Trinajstić information content (AvgIpc) is 2.77. The van der Waals surface area contributed by atoms with Crippen LogP contribution in [0.25, 0.3) is 11.0 Å². The Morgan fingerprint density at radius 2 is 1.76 bits per heavy atom. The maximum atomic E-state index is 13.5. The van der Waals surface area contributed by atoms with Gasteiger partial charge in [-0.2, -0.15) is 0 Å². The lowest BCUT2D eigenvalue weighted by Gasteiger charge is -2.33. The molecule has 4 rings (SSSR count). The molecule has 29 heavy (non-hydrogen) atoms. The number of piperidine rings is 1. The Kier molecular flexibility index (Phi) is 5.36. The normalized spacial score (nSPS) is 15.9. The van der Waals surface area contributed by atoms with Crippen LogP contribution in [0.1, 0.15) is 41.2 Å². The molecule has 6 nitrogen and oxygen atoms in total. The van der Waals surface area contributed by atoms with E-state index in [1.807, 2.05) is 4.90 Å². The molecule has 1 saturated heterocycles. The Bertz CT molecular complexity index is 1080. The second kappa shape index (κ2) is 8.09. The van der Waals surface area contributed by atoms with Gasteiger partial charge in [0.25, 0.3) is 0 Å². The summed E-state index contributed by atoms with van der Waals surface area (Å²) in [7, 11) is 1.56. The van der Waals surface area contributed by atoms with Crippen LogP contribution in [-0.2, 0) is 0 Å². The zero-order valence-corrected chi connectivity index (χ0v) is 16.3. The van der Waals surface area contributed by atoms with Crippen LogP contribution in [0, 0.1) is 0 Å². The maximum absolute atomic E-state index is 13.5. The molecule has 1 fully saturated rings. The second-order valence-electron chi connectivity index (χ2n) is 7.24. The van der Waals surface area contributed by atoms with E-state index in [4.69, 9.17) is 9.15 Å². The smallest absolute Gasteiger partial charge is 0.345 e. The minimum Gasteiger partial charge on any atom is -0.507 e. The molecule has 0 saturated carbocycles. The summed E-state index contributed by atoms with van der Waals surface area (Å²) in [5, 5.41) is 11.4. The number of carbonyl (C=O) groups is 1. The van der Waals surface area contributed by atoms with Crippen molar-refractivity contribution in [1.82, 2.24) is 4.90 Å². The number of ether oxygens (including phenoxy) is 1. The molecule has 0 spiro atoms. The molecule has 0 amide bonds. The molecule has 2 heterocycles. The Labute approximate surface area is 168 Å². The Morgan fingerprint density at radius 1 is 1.07 bits per heavy atom. The number of ketones is 1. The molecule has 1 atom stereocenters. The van der Waals surface area contributed by atoms with E-state index < -0.39 is 11.7 Å². The van der Waals surface area contributed by atoms with E-state index in [1.54, 1.807) is 55.6 Å². The number of Topliss-reactive ketones (excluding diaryl/α,β-unsaturated/α-hetero) is 1.